The molecule has 0 aromatic carbocycles. The van der Waals surface area contributed by atoms with E-state index in [4.69, 9.17) is 0 Å². The Morgan fingerprint density at radius 1 is 1.38 bits per heavy atom. The molecule has 1 aliphatic rings. The van der Waals surface area contributed by atoms with E-state index >= 15 is 0 Å². The molecule has 16 heavy (non-hydrogen) atoms. The molecular formula is C13H25NO2. The minimum absolute atomic E-state index is 0.140. The third-order valence-electron chi connectivity index (χ3n) is 4.11. The zero-order valence-electron chi connectivity index (χ0n) is 10.8. The lowest BCUT2D eigenvalue weighted by Gasteiger charge is -2.29. The van der Waals surface area contributed by atoms with Crippen molar-refractivity contribution < 1.29 is 9.90 Å². The van der Waals surface area contributed by atoms with Gasteiger partial charge in [-0.05, 0) is 32.6 Å². The zero-order chi connectivity index (χ0) is 12.2. The fourth-order valence-electron chi connectivity index (χ4n) is 2.38. The van der Waals surface area contributed by atoms with Crippen molar-refractivity contribution in [1.82, 2.24) is 5.32 Å². The lowest BCUT2D eigenvalue weighted by molar-refractivity contribution is -0.132. The van der Waals surface area contributed by atoms with Crippen molar-refractivity contribution in [3.05, 3.63) is 0 Å². The fraction of sp³-hybridized carbons (Fsp3) is 0.923. The van der Waals surface area contributed by atoms with Crippen molar-refractivity contribution in [1.29, 1.82) is 0 Å². The van der Waals surface area contributed by atoms with Crippen LogP contribution < -0.4 is 5.32 Å². The maximum Gasteiger partial charge on any atom is 0.226 e. The highest BCUT2D eigenvalue weighted by Crippen LogP contribution is 2.41. The molecule has 0 aromatic heterocycles. The molecular weight excluding hydrogens is 202 g/mol. The highest BCUT2D eigenvalue weighted by atomic mass is 16.3. The number of rotatable bonds is 5. The number of aliphatic hydroxyl groups is 1. The van der Waals surface area contributed by atoms with Gasteiger partial charge >= 0.3 is 0 Å². The Hall–Kier alpha value is -0.570. The molecule has 0 saturated heterocycles. The van der Waals surface area contributed by atoms with Crippen molar-refractivity contribution in [2.24, 2.45) is 5.41 Å². The normalized spacial score (nSPS) is 22.8. The SMILES string of the molecule is CCC(C)(O)CNC(=O)C1(CC)CCCC1. The Morgan fingerprint density at radius 3 is 2.38 bits per heavy atom. The van der Waals surface area contributed by atoms with Crippen molar-refractivity contribution in [2.45, 2.75) is 64.9 Å². The molecule has 1 atom stereocenters. The molecule has 1 amide bonds. The van der Waals surface area contributed by atoms with E-state index in [1.807, 2.05) is 6.92 Å². The molecule has 0 aromatic rings. The van der Waals surface area contributed by atoms with Gasteiger partial charge in [-0.2, -0.15) is 0 Å². The van der Waals surface area contributed by atoms with Gasteiger partial charge in [-0.15, -0.1) is 0 Å². The summed E-state index contributed by atoms with van der Waals surface area (Å²) in [7, 11) is 0. The maximum atomic E-state index is 12.1. The summed E-state index contributed by atoms with van der Waals surface area (Å²) in [6.45, 7) is 6.14. The summed E-state index contributed by atoms with van der Waals surface area (Å²) < 4.78 is 0. The van der Waals surface area contributed by atoms with Crippen molar-refractivity contribution >= 4 is 5.91 Å². The van der Waals surface area contributed by atoms with Gasteiger partial charge in [0.25, 0.3) is 0 Å². The molecule has 0 bridgehead atoms. The molecule has 0 heterocycles. The van der Waals surface area contributed by atoms with Crippen LogP contribution in [0.3, 0.4) is 0 Å². The summed E-state index contributed by atoms with van der Waals surface area (Å²) in [5.74, 6) is 0.140. The third-order valence-corrected chi connectivity index (χ3v) is 4.11. The highest BCUT2D eigenvalue weighted by Gasteiger charge is 2.39. The van der Waals surface area contributed by atoms with Crippen molar-refractivity contribution in [2.75, 3.05) is 6.54 Å². The summed E-state index contributed by atoms with van der Waals surface area (Å²) in [5.41, 5.74) is -0.924. The van der Waals surface area contributed by atoms with Crippen LogP contribution in [0, 0.1) is 5.41 Å². The summed E-state index contributed by atoms with van der Waals surface area (Å²) in [6, 6.07) is 0. The first kappa shape index (κ1) is 13.5. The van der Waals surface area contributed by atoms with Gasteiger partial charge < -0.3 is 10.4 Å². The number of carbonyl (C=O) groups is 1. The van der Waals surface area contributed by atoms with Crippen molar-refractivity contribution in [3.63, 3.8) is 0 Å². The first-order valence-electron chi connectivity index (χ1n) is 6.46. The van der Waals surface area contributed by atoms with Gasteiger partial charge in [0.1, 0.15) is 0 Å². The second kappa shape index (κ2) is 5.17. The standard InChI is InChI=1S/C13H25NO2/c1-4-12(3,16)10-14-11(15)13(5-2)8-6-7-9-13/h16H,4-10H2,1-3H3,(H,14,15). The number of carbonyl (C=O) groups excluding carboxylic acids is 1. The van der Waals surface area contributed by atoms with Gasteiger partial charge in [0, 0.05) is 12.0 Å². The summed E-state index contributed by atoms with van der Waals surface area (Å²) in [5, 5.41) is 12.8. The minimum atomic E-state index is -0.775. The van der Waals surface area contributed by atoms with Gasteiger partial charge in [-0.3, -0.25) is 4.79 Å². The molecule has 3 nitrogen and oxygen atoms in total. The molecule has 94 valence electrons. The van der Waals surface area contributed by atoms with Crippen LogP contribution in [-0.2, 0) is 4.79 Å². The van der Waals surface area contributed by atoms with Crippen LogP contribution in [0.5, 0.6) is 0 Å². The van der Waals surface area contributed by atoms with Gasteiger partial charge in [0.2, 0.25) is 5.91 Å². The average Bonchev–Trinajstić information content (AvgIpc) is 2.76. The lowest BCUT2D eigenvalue weighted by atomic mass is 9.82. The first-order valence-corrected chi connectivity index (χ1v) is 6.46. The second-order valence-corrected chi connectivity index (χ2v) is 5.37. The predicted molar refractivity (Wildman–Crippen MR) is 65.1 cm³/mol. The molecule has 0 spiro atoms. The molecule has 1 saturated carbocycles. The Balaban J connectivity index is 2.51. The zero-order valence-corrected chi connectivity index (χ0v) is 10.8. The molecule has 1 fully saturated rings. The van der Waals surface area contributed by atoms with Crippen LogP contribution in [-0.4, -0.2) is 23.2 Å². The quantitative estimate of drug-likeness (QED) is 0.756. The third kappa shape index (κ3) is 2.97. The van der Waals surface area contributed by atoms with E-state index in [9.17, 15) is 9.90 Å². The van der Waals surface area contributed by atoms with E-state index in [0.29, 0.717) is 13.0 Å². The van der Waals surface area contributed by atoms with Crippen molar-refractivity contribution in [3.8, 4) is 0 Å². The van der Waals surface area contributed by atoms with Crippen LogP contribution in [0.2, 0.25) is 0 Å². The summed E-state index contributed by atoms with van der Waals surface area (Å²) in [4.78, 5) is 12.1. The fourth-order valence-corrected chi connectivity index (χ4v) is 2.38. The van der Waals surface area contributed by atoms with E-state index in [0.717, 1.165) is 32.1 Å². The van der Waals surface area contributed by atoms with Gasteiger partial charge in [-0.1, -0.05) is 26.7 Å². The van der Waals surface area contributed by atoms with Gasteiger partial charge in [0.15, 0.2) is 0 Å². The first-order chi connectivity index (χ1) is 7.46. The molecule has 0 aliphatic heterocycles. The molecule has 1 aliphatic carbocycles. The number of hydrogen-bond donors (Lipinski definition) is 2. The smallest absolute Gasteiger partial charge is 0.226 e. The summed E-state index contributed by atoms with van der Waals surface area (Å²) in [6.07, 6.45) is 5.89. The Bertz CT molecular complexity index is 242. The largest absolute Gasteiger partial charge is 0.388 e. The van der Waals surface area contributed by atoms with Crippen LogP contribution in [0.25, 0.3) is 0 Å². The molecule has 0 radical (unpaired) electrons. The number of hydrogen-bond acceptors (Lipinski definition) is 2. The van der Waals surface area contributed by atoms with E-state index < -0.39 is 5.60 Å². The highest BCUT2D eigenvalue weighted by molar-refractivity contribution is 5.82. The van der Waals surface area contributed by atoms with Crippen LogP contribution in [0.4, 0.5) is 0 Å². The number of amides is 1. The van der Waals surface area contributed by atoms with Crippen LogP contribution in [0.1, 0.15) is 59.3 Å². The summed E-state index contributed by atoms with van der Waals surface area (Å²) >= 11 is 0. The Morgan fingerprint density at radius 2 is 1.94 bits per heavy atom. The second-order valence-electron chi connectivity index (χ2n) is 5.37. The van der Waals surface area contributed by atoms with Crippen LogP contribution in [0.15, 0.2) is 0 Å². The van der Waals surface area contributed by atoms with E-state index in [1.165, 1.54) is 0 Å². The monoisotopic (exact) mass is 227 g/mol. The minimum Gasteiger partial charge on any atom is -0.388 e. The molecule has 1 rings (SSSR count). The van der Waals surface area contributed by atoms with Gasteiger partial charge in [-0.25, -0.2) is 0 Å². The number of nitrogens with one attached hydrogen (secondary N) is 1. The topological polar surface area (TPSA) is 49.3 Å². The molecule has 2 N–H and O–H groups in total. The maximum absolute atomic E-state index is 12.1. The lowest BCUT2D eigenvalue weighted by Crippen LogP contribution is -2.46. The van der Waals surface area contributed by atoms with E-state index in [1.54, 1.807) is 6.92 Å². The Labute approximate surface area is 98.6 Å². The molecule has 1 unspecified atom stereocenters. The Kier molecular flexibility index (Phi) is 4.36. The predicted octanol–water partition coefficient (Wildman–Crippen LogP) is 2.23. The average molecular weight is 227 g/mol. The van der Waals surface area contributed by atoms with Crippen LogP contribution >= 0.6 is 0 Å². The van der Waals surface area contributed by atoms with Gasteiger partial charge in [0.05, 0.1) is 5.60 Å². The molecule has 3 heteroatoms. The van der Waals surface area contributed by atoms with E-state index in [2.05, 4.69) is 12.2 Å². The van der Waals surface area contributed by atoms with E-state index in [-0.39, 0.29) is 11.3 Å².